The van der Waals surface area contributed by atoms with Crippen molar-refractivity contribution in [1.82, 2.24) is 5.32 Å². The summed E-state index contributed by atoms with van der Waals surface area (Å²) in [7, 11) is -2.07. The van der Waals surface area contributed by atoms with Gasteiger partial charge in [-0.25, -0.2) is 8.42 Å². The van der Waals surface area contributed by atoms with Crippen molar-refractivity contribution in [1.29, 1.82) is 0 Å². The molecule has 0 saturated heterocycles. The Balaban J connectivity index is 4.25. The minimum absolute atomic E-state index is 0.0132. The Labute approximate surface area is 113 Å². The lowest BCUT2D eigenvalue weighted by molar-refractivity contribution is -0.144. The van der Waals surface area contributed by atoms with Gasteiger partial charge in [0.1, 0.15) is 6.04 Å². The molecule has 19 heavy (non-hydrogen) atoms. The van der Waals surface area contributed by atoms with Crippen LogP contribution in [0, 0.1) is 5.92 Å². The van der Waals surface area contributed by atoms with Crippen LogP contribution in [0.3, 0.4) is 0 Å². The number of methoxy groups -OCH3 is 1. The number of carbonyl (C=O) groups excluding carboxylic acids is 2. The van der Waals surface area contributed by atoms with Crippen molar-refractivity contribution in [2.75, 3.05) is 25.2 Å². The normalized spacial score (nSPS) is 13.3. The number of rotatable bonds is 9. The van der Waals surface area contributed by atoms with E-state index in [9.17, 15) is 18.0 Å². The number of carbonyl (C=O) groups is 2. The molecule has 1 atom stereocenters. The topological polar surface area (TPSA) is 116 Å². The summed E-state index contributed by atoms with van der Waals surface area (Å²) in [6.45, 7) is 3.78. The first-order chi connectivity index (χ1) is 8.69. The molecule has 0 fully saturated rings. The molecule has 0 aromatic heterocycles. The van der Waals surface area contributed by atoms with Crippen LogP contribution in [0.25, 0.3) is 0 Å². The highest BCUT2D eigenvalue weighted by Gasteiger charge is 2.23. The summed E-state index contributed by atoms with van der Waals surface area (Å²) in [4.78, 5) is 22.0. The van der Waals surface area contributed by atoms with Crippen LogP contribution >= 0.6 is 0 Å². The summed E-state index contributed by atoms with van der Waals surface area (Å²) in [5.74, 6) is -1.51. The van der Waals surface area contributed by atoms with Gasteiger partial charge in [-0.3, -0.25) is 9.59 Å². The van der Waals surface area contributed by atoms with Crippen molar-refractivity contribution in [3.05, 3.63) is 0 Å². The fraction of sp³-hybridized carbons (Fsp3) is 0.818. The van der Waals surface area contributed by atoms with Crippen LogP contribution in [-0.2, 0) is 24.2 Å². The lowest BCUT2D eigenvalue weighted by atomic mass is 10.1. The van der Waals surface area contributed by atoms with Gasteiger partial charge in [0.05, 0.1) is 18.6 Å². The molecule has 0 aliphatic carbocycles. The van der Waals surface area contributed by atoms with Gasteiger partial charge in [0.2, 0.25) is 5.91 Å². The highest BCUT2D eigenvalue weighted by atomic mass is 32.2. The van der Waals surface area contributed by atoms with Gasteiger partial charge in [-0.1, -0.05) is 13.8 Å². The van der Waals surface area contributed by atoms with E-state index >= 15 is 0 Å². The predicted molar refractivity (Wildman–Crippen MR) is 71.1 cm³/mol. The molecule has 1 unspecified atom stereocenters. The van der Waals surface area contributed by atoms with Crippen LogP contribution < -0.4 is 11.1 Å². The quantitative estimate of drug-likeness (QED) is 0.530. The Bertz CT molecular complexity index is 405. The monoisotopic (exact) mass is 294 g/mol. The van der Waals surface area contributed by atoms with Gasteiger partial charge in [-0.05, 0) is 5.92 Å². The van der Waals surface area contributed by atoms with Crippen molar-refractivity contribution in [2.45, 2.75) is 26.3 Å². The third kappa shape index (κ3) is 7.78. The molecule has 0 aliphatic heterocycles. The number of ether oxygens (including phenoxy) is 1. The molecule has 0 spiro atoms. The van der Waals surface area contributed by atoms with E-state index in [1.165, 1.54) is 7.11 Å². The summed E-state index contributed by atoms with van der Waals surface area (Å²) >= 11 is 0. The molecule has 0 bridgehead atoms. The van der Waals surface area contributed by atoms with E-state index in [-0.39, 0.29) is 30.4 Å². The van der Waals surface area contributed by atoms with E-state index in [2.05, 4.69) is 10.1 Å². The van der Waals surface area contributed by atoms with Crippen molar-refractivity contribution < 1.29 is 22.7 Å². The lowest BCUT2D eigenvalue weighted by Crippen LogP contribution is -2.43. The number of nitrogens with two attached hydrogens (primary N) is 1. The number of primary amides is 1. The zero-order chi connectivity index (χ0) is 15.1. The summed E-state index contributed by atoms with van der Waals surface area (Å²) in [6.07, 6.45) is -0.188. The Hall–Kier alpha value is -1.15. The van der Waals surface area contributed by atoms with Crippen LogP contribution in [0.15, 0.2) is 0 Å². The summed E-state index contributed by atoms with van der Waals surface area (Å²) in [6, 6.07) is -0.545. The summed E-state index contributed by atoms with van der Waals surface area (Å²) in [5, 5.41) is 2.84. The first-order valence-corrected chi connectivity index (χ1v) is 7.81. The minimum Gasteiger partial charge on any atom is -0.468 e. The van der Waals surface area contributed by atoms with Crippen LogP contribution in [0.1, 0.15) is 20.3 Å². The van der Waals surface area contributed by atoms with E-state index in [4.69, 9.17) is 5.73 Å². The Morgan fingerprint density at radius 3 is 2.26 bits per heavy atom. The maximum atomic E-state index is 11.6. The molecule has 0 aromatic rings. The number of hydrogen-bond donors (Lipinski definition) is 2. The van der Waals surface area contributed by atoms with Crippen LogP contribution in [0.2, 0.25) is 0 Å². The Kier molecular flexibility index (Phi) is 7.62. The minimum atomic E-state index is -3.35. The molecule has 0 rings (SSSR count). The van der Waals surface area contributed by atoms with Gasteiger partial charge >= 0.3 is 5.97 Å². The smallest absolute Gasteiger partial charge is 0.323 e. The highest BCUT2D eigenvalue weighted by Crippen LogP contribution is 2.03. The zero-order valence-corrected chi connectivity index (χ0v) is 12.3. The van der Waals surface area contributed by atoms with Crippen molar-refractivity contribution in [3.8, 4) is 0 Å². The standard InChI is InChI=1S/C11H22N2O5S/c1-8(2)10(11(15)18-3)13-5-7-19(16,17)6-4-9(12)14/h8,10,13H,4-7H2,1-3H3,(H2,12,14). The van der Waals surface area contributed by atoms with E-state index in [0.29, 0.717) is 0 Å². The Morgan fingerprint density at radius 2 is 1.84 bits per heavy atom. The average molecular weight is 294 g/mol. The van der Waals surface area contributed by atoms with E-state index in [1.807, 2.05) is 13.8 Å². The Morgan fingerprint density at radius 1 is 1.26 bits per heavy atom. The lowest BCUT2D eigenvalue weighted by Gasteiger charge is -2.19. The van der Waals surface area contributed by atoms with Crippen LogP contribution in [-0.4, -0.2) is 51.5 Å². The number of nitrogens with one attached hydrogen (secondary N) is 1. The maximum Gasteiger partial charge on any atom is 0.323 e. The first kappa shape index (κ1) is 17.8. The second-order valence-electron chi connectivity index (χ2n) is 4.57. The number of sulfone groups is 1. The van der Waals surface area contributed by atoms with Crippen molar-refractivity contribution >= 4 is 21.7 Å². The van der Waals surface area contributed by atoms with Crippen molar-refractivity contribution in [2.24, 2.45) is 11.7 Å². The molecule has 0 saturated carbocycles. The fourth-order valence-corrected chi connectivity index (χ4v) is 2.59. The third-order valence-corrected chi connectivity index (χ3v) is 4.21. The number of amides is 1. The maximum absolute atomic E-state index is 11.6. The fourth-order valence-electron chi connectivity index (χ4n) is 1.45. The van der Waals surface area contributed by atoms with Gasteiger partial charge in [0, 0.05) is 13.0 Å². The van der Waals surface area contributed by atoms with E-state index in [0.717, 1.165) is 0 Å². The molecule has 0 aromatic carbocycles. The number of hydrogen-bond acceptors (Lipinski definition) is 6. The van der Waals surface area contributed by atoms with Gasteiger partial charge in [-0.2, -0.15) is 0 Å². The molecular formula is C11H22N2O5S. The molecule has 0 aliphatic rings. The molecule has 3 N–H and O–H groups in total. The molecule has 8 heteroatoms. The molecule has 112 valence electrons. The molecule has 0 radical (unpaired) electrons. The largest absolute Gasteiger partial charge is 0.468 e. The van der Waals surface area contributed by atoms with E-state index < -0.39 is 27.8 Å². The molecular weight excluding hydrogens is 272 g/mol. The van der Waals surface area contributed by atoms with Crippen LogP contribution in [0.5, 0.6) is 0 Å². The van der Waals surface area contributed by atoms with E-state index in [1.54, 1.807) is 0 Å². The zero-order valence-electron chi connectivity index (χ0n) is 11.5. The predicted octanol–water partition coefficient (Wildman–Crippen LogP) is -0.936. The second-order valence-corrected chi connectivity index (χ2v) is 6.87. The third-order valence-electron chi connectivity index (χ3n) is 2.56. The SMILES string of the molecule is COC(=O)C(NCCS(=O)(=O)CCC(N)=O)C(C)C. The van der Waals surface area contributed by atoms with Crippen molar-refractivity contribution in [3.63, 3.8) is 0 Å². The molecule has 7 nitrogen and oxygen atoms in total. The van der Waals surface area contributed by atoms with Crippen LogP contribution in [0.4, 0.5) is 0 Å². The summed E-state index contributed by atoms with van der Waals surface area (Å²) < 4.78 is 27.7. The van der Waals surface area contributed by atoms with Gasteiger partial charge in [-0.15, -0.1) is 0 Å². The number of esters is 1. The molecule has 1 amide bonds. The summed E-state index contributed by atoms with van der Waals surface area (Å²) in [5.41, 5.74) is 4.89. The first-order valence-electron chi connectivity index (χ1n) is 5.99. The average Bonchev–Trinajstić information content (AvgIpc) is 2.31. The highest BCUT2D eigenvalue weighted by molar-refractivity contribution is 7.91. The van der Waals surface area contributed by atoms with Gasteiger partial charge in [0.25, 0.3) is 0 Å². The molecule has 0 heterocycles. The van der Waals surface area contributed by atoms with Gasteiger partial charge in [0.15, 0.2) is 9.84 Å². The van der Waals surface area contributed by atoms with Gasteiger partial charge < -0.3 is 15.8 Å². The second kappa shape index (κ2) is 8.11.